The maximum absolute atomic E-state index is 12.6. The first-order chi connectivity index (χ1) is 10.8. The molecular formula is C15H12Cl2O5S. The van der Waals surface area contributed by atoms with Crippen LogP contribution in [0.25, 0.3) is 0 Å². The Morgan fingerprint density at radius 2 is 1.43 bits per heavy atom. The second-order valence-corrected chi connectivity index (χ2v) is 7.25. The minimum atomic E-state index is -3.82. The van der Waals surface area contributed by atoms with E-state index in [1.807, 2.05) is 0 Å². The van der Waals surface area contributed by atoms with Crippen LogP contribution in [0.4, 0.5) is 0 Å². The van der Waals surface area contributed by atoms with Gasteiger partial charge in [-0.3, -0.25) is 4.79 Å². The predicted octanol–water partition coefficient (Wildman–Crippen LogP) is 3.76. The van der Waals surface area contributed by atoms with Crippen molar-refractivity contribution < 1.29 is 22.7 Å². The van der Waals surface area contributed by atoms with E-state index in [4.69, 9.17) is 32.7 Å². The third-order valence-electron chi connectivity index (χ3n) is 2.90. The standard InChI is InChI=1S/C15H12Cl2O5S/c1-9(18)22-15-6-4-11(8-13(15)17)23(19,20)10-3-5-14(21-2)12(16)7-10/h3-8H,1-2H3. The Morgan fingerprint density at radius 1 is 0.957 bits per heavy atom. The summed E-state index contributed by atoms with van der Waals surface area (Å²) < 4.78 is 35.1. The predicted molar refractivity (Wildman–Crippen MR) is 86.2 cm³/mol. The Morgan fingerprint density at radius 3 is 1.83 bits per heavy atom. The molecule has 0 radical (unpaired) electrons. The molecule has 2 rings (SSSR count). The first-order valence-electron chi connectivity index (χ1n) is 6.32. The van der Waals surface area contributed by atoms with Gasteiger partial charge in [0.1, 0.15) is 11.5 Å². The Labute approximate surface area is 143 Å². The van der Waals surface area contributed by atoms with Gasteiger partial charge in [-0.05, 0) is 36.4 Å². The van der Waals surface area contributed by atoms with Gasteiger partial charge in [0.25, 0.3) is 0 Å². The first-order valence-corrected chi connectivity index (χ1v) is 8.56. The number of hydrogen-bond acceptors (Lipinski definition) is 5. The monoisotopic (exact) mass is 374 g/mol. The number of methoxy groups -OCH3 is 1. The molecule has 2 aromatic rings. The van der Waals surface area contributed by atoms with Gasteiger partial charge >= 0.3 is 5.97 Å². The van der Waals surface area contributed by atoms with Crippen LogP contribution >= 0.6 is 23.2 Å². The van der Waals surface area contributed by atoms with Crippen molar-refractivity contribution in [1.82, 2.24) is 0 Å². The van der Waals surface area contributed by atoms with Gasteiger partial charge in [0.15, 0.2) is 0 Å². The Balaban J connectivity index is 2.45. The van der Waals surface area contributed by atoms with Crippen LogP contribution in [-0.4, -0.2) is 21.5 Å². The van der Waals surface area contributed by atoms with Crippen molar-refractivity contribution in [3.8, 4) is 11.5 Å². The highest BCUT2D eigenvalue weighted by Gasteiger charge is 2.21. The third kappa shape index (κ3) is 3.77. The number of hydrogen-bond donors (Lipinski definition) is 0. The van der Waals surface area contributed by atoms with Gasteiger partial charge < -0.3 is 9.47 Å². The van der Waals surface area contributed by atoms with Crippen molar-refractivity contribution in [3.63, 3.8) is 0 Å². The fraction of sp³-hybridized carbons (Fsp3) is 0.133. The molecule has 0 heterocycles. The van der Waals surface area contributed by atoms with E-state index in [0.29, 0.717) is 5.75 Å². The molecule has 0 saturated carbocycles. The highest BCUT2D eigenvalue weighted by molar-refractivity contribution is 7.91. The molecule has 0 spiro atoms. The molecule has 0 fully saturated rings. The first kappa shape index (κ1) is 17.6. The minimum Gasteiger partial charge on any atom is -0.495 e. The van der Waals surface area contributed by atoms with Gasteiger partial charge in [-0.15, -0.1) is 0 Å². The quantitative estimate of drug-likeness (QED) is 0.601. The number of esters is 1. The number of ether oxygens (including phenoxy) is 2. The lowest BCUT2D eigenvalue weighted by atomic mass is 10.3. The summed E-state index contributed by atoms with van der Waals surface area (Å²) in [6.07, 6.45) is 0. The van der Waals surface area contributed by atoms with E-state index in [0.717, 1.165) is 0 Å². The van der Waals surface area contributed by atoms with Gasteiger partial charge in [0, 0.05) is 6.92 Å². The van der Waals surface area contributed by atoms with Crippen LogP contribution in [0.5, 0.6) is 11.5 Å². The molecule has 2 aromatic carbocycles. The highest BCUT2D eigenvalue weighted by atomic mass is 35.5. The molecule has 0 aliphatic heterocycles. The molecule has 5 nitrogen and oxygen atoms in total. The van der Waals surface area contributed by atoms with Gasteiger partial charge in [0.2, 0.25) is 9.84 Å². The van der Waals surface area contributed by atoms with Crippen LogP contribution in [0.1, 0.15) is 6.92 Å². The number of carbonyl (C=O) groups excluding carboxylic acids is 1. The van der Waals surface area contributed by atoms with E-state index in [2.05, 4.69) is 0 Å². The average molecular weight is 375 g/mol. The van der Waals surface area contributed by atoms with Crippen LogP contribution in [0.2, 0.25) is 10.0 Å². The van der Waals surface area contributed by atoms with E-state index in [1.54, 1.807) is 0 Å². The highest BCUT2D eigenvalue weighted by Crippen LogP contribution is 2.33. The molecule has 122 valence electrons. The SMILES string of the molecule is COc1ccc(S(=O)(=O)c2ccc(OC(C)=O)c(Cl)c2)cc1Cl. The van der Waals surface area contributed by atoms with Crippen molar-refractivity contribution in [2.45, 2.75) is 16.7 Å². The molecule has 0 amide bonds. The third-order valence-corrected chi connectivity index (χ3v) is 5.24. The summed E-state index contributed by atoms with van der Waals surface area (Å²) >= 11 is 11.9. The number of carbonyl (C=O) groups is 1. The van der Waals surface area contributed by atoms with Gasteiger partial charge in [0.05, 0.1) is 26.9 Å². The van der Waals surface area contributed by atoms with Crippen molar-refractivity contribution >= 4 is 39.0 Å². The summed E-state index contributed by atoms with van der Waals surface area (Å²) in [5.74, 6) is -0.0934. The molecule has 0 aliphatic rings. The smallest absolute Gasteiger partial charge is 0.308 e. The molecule has 0 saturated heterocycles. The summed E-state index contributed by atoms with van der Waals surface area (Å²) in [7, 11) is -2.39. The van der Waals surface area contributed by atoms with E-state index < -0.39 is 15.8 Å². The molecule has 0 atom stereocenters. The lowest BCUT2D eigenvalue weighted by Gasteiger charge is -2.09. The molecule has 23 heavy (non-hydrogen) atoms. The number of sulfone groups is 1. The van der Waals surface area contributed by atoms with Crippen molar-refractivity contribution in [1.29, 1.82) is 0 Å². The van der Waals surface area contributed by atoms with Gasteiger partial charge in [-0.1, -0.05) is 23.2 Å². The van der Waals surface area contributed by atoms with E-state index in [1.165, 1.54) is 50.4 Å². The fourth-order valence-corrected chi connectivity index (χ4v) is 3.76. The molecule has 0 aromatic heterocycles. The lowest BCUT2D eigenvalue weighted by Crippen LogP contribution is -2.05. The van der Waals surface area contributed by atoms with E-state index in [9.17, 15) is 13.2 Å². The van der Waals surface area contributed by atoms with Crippen LogP contribution in [0.3, 0.4) is 0 Å². The Bertz CT molecular complexity index is 862. The largest absolute Gasteiger partial charge is 0.495 e. The Kier molecular flexibility index (Phi) is 5.19. The fourth-order valence-electron chi connectivity index (χ4n) is 1.84. The zero-order valence-electron chi connectivity index (χ0n) is 12.2. The molecule has 8 heteroatoms. The van der Waals surface area contributed by atoms with Crippen molar-refractivity contribution in [2.24, 2.45) is 0 Å². The number of benzene rings is 2. The summed E-state index contributed by atoms with van der Waals surface area (Å²) in [4.78, 5) is 10.9. The maximum Gasteiger partial charge on any atom is 0.308 e. The summed E-state index contributed by atoms with van der Waals surface area (Å²) in [5.41, 5.74) is 0. The molecule has 0 unspecified atom stereocenters. The zero-order chi connectivity index (χ0) is 17.2. The minimum absolute atomic E-state index is 0.000368. The second-order valence-electron chi connectivity index (χ2n) is 4.49. The average Bonchev–Trinajstić information content (AvgIpc) is 2.48. The number of rotatable bonds is 4. The topological polar surface area (TPSA) is 69.7 Å². The zero-order valence-corrected chi connectivity index (χ0v) is 14.5. The maximum atomic E-state index is 12.6. The van der Waals surface area contributed by atoms with E-state index >= 15 is 0 Å². The van der Waals surface area contributed by atoms with Crippen LogP contribution in [0.15, 0.2) is 46.2 Å². The molecule has 0 aliphatic carbocycles. The summed E-state index contributed by atoms with van der Waals surface area (Å²) in [6.45, 7) is 1.22. The second kappa shape index (κ2) is 6.78. The molecule has 0 N–H and O–H groups in total. The molecule has 0 bridgehead atoms. The normalized spacial score (nSPS) is 11.1. The van der Waals surface area contributed by atoms with Crippen LogP contribution in [-0.2, 0) is 14.6 Å². The Hall–Kier alpha value is -1.76. The van der Waals surface area contributed by atoms with Crippen LogP contribution < -0.4 is 9.47 Å². The summed E-state index contributed by atoms with van der Waals surface area (Å²) in [5, 5.41) is 0.192. The molecular weight excluding hydrogens is 363 g/mol. The summed E-state index contributed by atoms with van der Waals surface area (Å²) in [6, 6.07) is 7.98. The van der Waals surface area contributed by atoms with Gasteiger partial charge in [-0.2, -0.15) is 0 Å². The number of halogens is 2. The van der Waals surface area contributed by atoms with Gasteiger partial charge in [-0.25, -0.2) is 8.42 Å². The lowest BCUT2D eigenvalue weighted by molar-refractivity contribution is -0.131. The van der Waals surface area contributed by atoms with Crippen LogP contribution in [0, 0.1) is 0 Å². The van der Waals surface area contributed by atoms with E-state index in [-0.39, 0.29) is 25.6 Å². The van der Waals surface area contributed by atoms with Crippen molar-refractivity contribution in [3.05, 3.63) is 46.4 Å². The van der Waals surface area contributed by atoms with Crippen molar-refractivity contribution in [2.75, 3.05) is 7.11 Å².